The second kappa shape index (κ2) is 9.89. The molecule has 0 unspecified atom stereocenters. The largest absolute Gasteiger partial charge is 0.492 e. The van der Waals surface area contributed by atoms with Crippen LogP contribution in [0.3, 0.4) is 0 Å². The van der Waals surface area contributed by atoms with Gasteiger partial charge in [-0.25, -0.2) is 4.79 Å². The predicted octanol–water partition coefficient (Wildman–Crippen LogP) is 5.25. The summed E-state index contributed by atoms with van der Waals surface area (Å²) >= 11 is 3.45. The number of carbonyl (C=O) groups is 2. The van der Waals surface area contributed by atoms with Crippen molar-refractivity contribution in [3.05, 3.63) is 88.4 Å². The zero-order valence-corrected chi connectivity index (χ0v) is 17.4. The van der Waals surface area contributed by atoms with Crippen molar-refractivity contribution in [1.29, 1.82) is 0 Å². The Balaban J connectivity index is 1.57. The number of hydrogen-bond acceptors (Lipinski definition) is 4. The summed E-state index contributed by atoms with van der Waals surface area (Å²) in [6.07, 6.45) is 0.797. The number of nitrogens with one attached hydrogen (secondary N) is 1. The first-order chi connectivity index (χ1) is 14.0. The van der Waals surface area contributed by atoms with E-state index in [1.165, 1.54) is 12.5 Å². The molecule has 3 aromatic rings. The van der Waals surface area contributed by atoms with Gasteiger partial charge in [0.25, 0.3) is 0 Å². The second-order valence-electron chi connectivity index (χ2n) is 6.32. The van der Waals surface area contributed by atoms with Crippen LogP contribution in [0.5, 0.6) is 11.5 Å². The fourth-order valence-corrected chi connectivity index (χ4v) is 3.14. The summed E-state index contributed by atoms with van der Waals surface area (Å²) in [5.74, 6) is 0.417. The normalized spacial score (nSPS) is 10.3. The van der Waals surface area contributed by atoms with Crippen molar-refractivity contribution in [2.24, 2.45) is 0 Å². The van der Waals surface area contributed by atoms with Crippen LogP contribution in [0.4, 0.5) is 5.69 Å². The Hall–Kier alpha value is -3.12. The molecule has 0 aliphatic heterocycles. The van der Waals surface area contributed by atoms with Crippen LogP contribution in [-0.2, 0) is 11.2 Å². The maximum Gasteiger partial charge on any atom is 0.343 e. The number of halogens is 1. The van der Waals surface area contributed by atoms with Crippen LogP contribution in [0, 0.1) is 0 Å². The molecule has 0 atom stereocenters. The maximum absolute atomic E-state index is 12.4. The summed E-state index contributed by atoms with van der Waals surface area (Å²) < 4.78 is 11.9. The van der Waals surface area contributed by atoms with Gasteiger partial charge < -0.3 is 14.8 Å². The minimum atomic E-state index is -0.478. The third kappa shape index (κ3) is 6.19. The summed E-state index contributed by atoms with van der Waals surface area (Å²) in [4.78, 5) is 23.4. The van der Waals surface area contributed by atoms with Crippen molar-refractivity contribution >= 4 is 33.5 Å². The van der Waals surface area contributed by atoms with E-state index in [4.69, 9.17) is 9.47 Å². The highest BCUT2D eigenvalue weighted by Gasteiger charge is 2.12. The van der Waals surface area contributed by atoms with E-state index in [-0.39, 0.29) is 5.91 Å². The average Bonchev–Trinajstić information content (AvgIpc) is 2.71. The zero-order chi connectivity index (χ0) is 20.6. The van der Waals surface area contributed by atoms with E-state index in [1.54, 1.807) is 42.5 Å². The van der Waals surface area contributed by atoms with Crippen LogP contribution in [0.2, 0.25) is 0 Å². The fraction of sp³-hybridized carbons (Fsp3) is 0.130. The SMILES string of the molecule is CC(=O)Nc1ccc(OC(=O)c2ccc(OCCc3ccccc3)c(Br)c2)cc1. The molecule has 0 bridgehead atoms. The Morgan fingerprint density at radius 1 is 0.966 bits per heavy atom. The second-order valence-corrected chi connectivity index (χ2v) is 7.18. The first-order valence-electron chi connectivity index (χ1n) is 9.07. The van der Waals surface area contributed by atoms with Crippen molar-refractivity contribution in [2.45, 2.75) is 13.3 Å². The lowest BCUT2D eigenvalue weighted by Gasteiger charge is -2.10. The van der Waals surface area contributed by atoms with Gasteiger partial charge in [0.2, 0.25) is 5.91 Å². The third-order valence-electron chi connectivity index (χ3n) is 4.04. The molecule has 0 saturated heterocycles. The number of benzene rings is 3. The molecule has 3 aromatic carbocycles. The molecule has 148 valence electrons. The van der Waals surface area contributed by atoms with Gasteiger partial charge >= 0.3 is 5.97 Å². The van der Waals surface area contributed by atoms with Crippen molar-refractivity contribution in [3.63, 3.8) is 0 Å². The van der Waals surface area contributed by atoms with Crippen LogP contribution in [0.1, 0.15) is 22.8 Å². The number of esters is 1. The first-order valence-corrected chi connectivity index (χ1v) is 9.86. The van der Waals surface area contributed by atoms with Crippen LogP contribution >= 0.6 is 15.9 Å². The molecule has 0 radical (unpaired) electrons. The van der Waals surface area contributed by atoms with Crippen LogP contribution in [-0.4, -0.2) is 18.5 Å². The van der Waals surface area contributed by atoms with Gasteiger partial charge in [0.1, 0.15) is 11.5 Å². The van der Waals surface area contributed by atoms with E-state index in [1.807, 2.05) is 18.2 Å². The molecule has 0 heterocycles. The lowest BCUT2D eigenvalue weighted by Crippen LogP contribution is -2.09. The summed E-state index contributed by atoms with van der Waals surface area (Å²) in [5.41, 5.74) is 2.24. The highest BCUT2D eigenvalue weighted by Crippen LogP contribution is 2.27. The Kier molecular flexibility index (Phi) is 7.03. The van der Waals surface area contributed by atoms with E-state index in [2.05, 4.69) is 33.4 Å². The minimum absolute atomic E-state index is 0.161. The van der Waals surface area contributed by atoms with Gasteiger partial charge in [-0.15, -0.1) is 0 Å². The maximum atomic E-state index is 12.4. The molecular formula is C23H20BrNO4. The van der Waals surface area contributed by atoms with Gasteiger partial charge in [0.05, 0.1) is 16.6 Å². The Labute approximate surface area is 177 Å². The number of carbonyl (C=O) groups excluding carboxylic acids is 2. The smallest absolute Gasteiger partial charge is 0.343 e. The predicted molar refractivity (Wildman–Crippen MR) is 115 cm³/mol. The third-order valence-corrected chi connectivity index (χ3v) is 4.66. The van der Waals surface area contributed by atoms with Gasteiger partial charge in [0, 0.05) is 19.0 Å². The monoisotopic (exact) mass is 453 g/mol. The zero-order valence-electron chi connectivity index (χ0n) is 15.9. The number of hydrogen-bond donors (Lipinski definition) is 1. The highest BCUT2D eigenvalue weighted by molar-refractivity contribution is 9.10. The molecule has 0 aromatic heterocycles. The van der Waals surface area contributed by atoms with Gasteiger partial charge in [-0.2, -0.15) is 0 Å². The Morgan fingerprint density at radius 3 is 2.34 bits per heavy atom. The van der Waals surface area contributed by atoms with Gasteiger partial charge in [-0.3, -0.25) is 4.79 Å². The number of amides is 1. The van der Waals surface area contributed by atoms with E-state index in [0.717, 1.165) is 6.42 Å². The van der Waals surface area contributed by atoms with Gasteiger partial charge in [-0.1, -0.05) is 30.3 Å². The summed E-state index contributed by atoms with van der Waals surface area (Å²) in [7, 11) is 0. The fourth-order valence-electron chi connectivity index (χ4n) is 2.64. The van der Waals surface area contributed by atoms with Crippen LogP contribution < -0.4 is 14.8 Å². The Bertz CT molecular complexity index is 988. The van der Waals surface area contributed by atoms with E-state index in [9.17, 15) is 9.59 Å². The van der Waals surface area contributed by atoms with Gasteiger partial charge in [0.15, 0.2) is 0 Å². The quantitative estimate of drug-likeness (QED) is 0.391. The molecule has 0 saturated carbocycles. The lowest BCUT2D eigenvalue weighted by molar-refractivity contribution is -0.114. The minimum Gasteiger partial charge on any atom is -0.492 e. The molecule has 3 rings (SSSR count). The van der Waals surface area contributed by atoms with Crippen molar-refractivity contribution < 1.29 is 19.1 Å². The number of ether oxygens (including phenoxy) is 2. The molecule has 1 amide bonds. The topological polar surface area (TPSA) is 64.6 Å². The van der Waals surface area contributed by atoms with Crippen molar-refractivity contribution in [1.82, 2.24) is 0 Å². The molecule has 0 aliphatic carbocycles. The highest BCUT2D eigenvalue weighted by atomic mass is 79.9. The standard InChI is InChI=1S/C23H20BrNO4/c1-16(26)25-19-8-10-20(11-9-19)29-23(27)18-7-12-22(21(24)15-18)28-14-13-17-5-3-2-4-6-17/h2-12,15H,13-14H2,1H3,(H,25,26). The molecule has 6 heteroatoms. The number of rotatable bonds is 7. The number of anilines is 1. The van der Waals surface area contributed by atoms with Crippen LogP contribution in [0.25, 0.3) is 0 Å². The van der Waals surface area contributed by atoms with Crippen molar-refractivity contribution in [2.75, 3.05) is 11.9 Å². The molecular weight excluding hydrogens is 434 g/mol. The van der Waals surface area contributed by atoms with Gasteiger partial charge in [-0.05, 0) is 64.0 Å². The molecule has 5 nitrogen and oxygen atoms in total. The molecule has 29 heavy (non-hydrogen) atoms. The average molecular weight is 454 g/mol. The van der Waals surface area contributed by atoms with Crippen molar-refractivity contribution in [3.8, 4) is 11.5 Å². The molecule has 0 fully saturated rings. The van der Waals surface area contributed by atoms with Crippen LogP contribution in [0.15, 0.2) is 77.3 Å². The first kappa shape index (κ1) is 20.6. The van der Waals surface area contributed by atoms with E-state index < -0.39 is 5.97 Å². The van der Waals surface area contributed by atoms with E-state index in [0.29, 0.717) is 33.8 Å². The Morgan fingerprint density at radius 2 is 1.69 bits per heavy atom. The summed E-state index contributed by atoms with van der Waals surface area (Å²) in [6.45, 7) is 1.97. The van der Waals surface area contributed by atoms with E-state index >= 15 is 0 Å². The lowest BCUT2D eigenvalue weighted by atomic mass is 10.2. The molecule has 0 aliphatic rings. The molecule has 0 spiro atoms. The summed E-state index contributed by atoms with van der Waals surface area (Å²) in [5, 5.41) is 2.66. The molecule has 1 N–H and O–H groups in total. The summed E-state index contributed by atoms with van der Waals surface area (Å²) in [6, 6.07) is 21.8.